The average molecular weight is 327 g/mol. The number of rotatable bonds is 5. The van der Waals surface area contributed by atoms with E-state index in [0.717, 1.165) is 22.9 Å². The Morgan fingerprint density at radius 2 is 2.26 bits per heavy atom. The van der Waals surface area contributed by atoms with Crippen molar-refractivity contribution in [2.45, 2.75) is 25.4 Å². The van der Waals surface area contributed by atoms with E-state index in [1.807, 2.05) is 6.07 Å². The third kappa shape index (κ3) is 4.35. The molecule has 3 nitrogen and oxygen atoms in total. The van der Waals surface area contributed by atoms with Gasteiger partial charge < -0.3 is 10.2 Å². The van der Waals surface area contributed by atoms with E-state index in [9.17, 15) is 9.18 Å². The van der Waals surface area contributed by atoms with Gasteiger partial charge in [-0.2, -0.15) is 0 Å². The molecule has 1 aromatic rings. The summed E-state index contributed by atoms with van der Waals surface area (Å²) in [6.07, 6.45) is 2.02. The standard InChI is InChI=1S/C14H16BrFN2O/c1-10(15)8-17-14(19)18(13-5-6-13)9-11-3-2-4-12(16)7-11/h2-4,7,13H,1,5-6,8-9H2,(H,17,19). The maximum Gasteiger partial charge on any atom is 0.318 e. The van der Waals surface area contributed by atoms with E-state index in [-0.39, 0.29) is 17.9 Å². The topological polar surface area (TPSA) is 32.3 Å². The van der Waals surface area contributed by atoms with Gasteiger partial charge in [0.15, 0.2) is 0 Å². The first-order chi connectivity index (χ1) is 9.06. The summed E-state index contributed by atoms with van der Waals surface area (Å²) in [7, 11) is 0. The normalized spacial score (nSPS) is 14.0. The second-order valence-corrected chi connectivity index (χ2v) is 5.79. The van der Waals surface area contributed by atoms with Gasteiger partial charge >= 0.3 is 6.03 Å². The Hall–Kier alpha value is -1.36. The SMILES string of the molecule is C=C(Br)CNC(=O)N(Cc1cccc(F)c1)C1CC1. The molecule has 102 valence electrons. The van der Waals surface area contributed by atoms with Gasteiger partial charge in [0.05, 0.1) is 6.54 Å². The Bertz CT molecular complexity index is 488. The maximum absolute atomic E-state index is 13.2. The van der Waals surface area contributed by atoms with Crippen LogP contribution in [0.15, 0.2) is 35.3 Å². The van der Waals surface area contributed by atoms with Crippen molar-refractivity contribution in [3.8, 4) is 0 Å². The number of nitrogens with one attached hydrogen (secondary N) is 1. The lowest BCUT2D eigenvalue weighted by Crippen LogP contribution is -2.41. The van der Waals surface area contributed by atoms with Crippen LogP contribution in [0.2, 0.25) is 0 Å². The smallest absolute Gasteiger partial charge is 0.318 e. The molecule has 0 atom stereocenters. The fraction of sp³-hybridized carbons (Fsp3) is 0.357. The second kappa shape index (κ2) is 6.19. The molecule has 2 amide bonds. The summed E-state index contributed by atoms with van der Waals surface area (Å²) in [4.78, 5) is 13.8. The summed E-state index contributed by atoms with van der Waals surface area (Å²) in [6.45, 7) is 4.50. The Morgan fingerprint density at radius 1 is 1.53 bits per heavy atom. The molecule has 2 rings (SSSR count). The third-order valence-corrected chi connectivity index (χ3v) is 3.20. The molecular formula is C14H16BrFN2O. The Balaban J connectivity index is 2.00. The molecule has 1 N–H and O–H groups in total. The zero-order chi connectivity index (χ0) is 13.8. The molecule has 0 heterocycles. The minimum Gasteiger partial charge on any atom is -0.333 e. The lowest BCUT2D eigenvalue weighted by atomic mass is 10.2. The zero-order valence-electron chi connectivity index (χ0n) is 10.5. The van der Waals surface area contributed by atoms with Crippen LogP contribution in [-0.4, -0.2) is 23.5 Å². The van der Waals surface area contributed by atoms with Crippen molar-refractivity contribution in [3.63, 3.8) is 0 Å². The molecule has 0 aromatic heterocycles. The van der Waals surface area contributed by atoms with Crippen molar-refractivity contribution in [1.82, 2.24) is 10.2 Å². The zero-order valence-corrected chi connectivity index (χ0v) is 12.1. The molecule has 1 aliphatic rings. The van der Waals surface area contributed by atoms with Crippen molar-refractivity contribution < 1.29 is 9.18 Å². The molecule has 1 saturated carbocycles. The van der Waals surface area contributed by atoms with Gasteiger partial charge in [0.2, 0.25) is 0 Å². The Morgan fingerprint density at radius 3 is 2.84 bits per heavy atom. The van der Waals surface area contributed by atoms with Gasteiger partial charge in [0, 0.05) is 17.1 Å². The molecule has 0 bridgehead atoms. The molecule has 0 aliphatic heterocycles. The molecule has 5 heteroatoms. The number of carbonyl (C=O) groups is 1. The molecule has 0 unspecified atom stereocenters. The predicted molar refractivity (Wildman–Crippen MR) is 76.4 cm³/mol. The van der Waals surface area contributed by atoms with E-state index in [0.29, 0.717) is 13.1 Å². The van der Waals surface area contributed by atoms with Crippen molar-refractivity contribution in [1.29, 1.82) is 0 Å². The van der Waals surface area contributed by atoms with Gasteiger partial charge in [-0.25, -0.2) is 9.18 Å². The first-order valence-electron chi connectivity index (χ1n) is 6.18. The molecule has 0 saturated heterocycles. The molecule has 1 fully saturated rings. The summed E-state index contributed by atoms with van der Waals surface area (Å²) in [5.74, 6) is -0.275. The number of urea groups is 1. The number of hydrogen-bond acceptors (Lipinski definition) is 1. The molecule has 1 aliphatic carbocycles. The van der Waals surface area contributed by atoms with Crippen molar-refractivity contribution in [2.75, 3.05) is 6.54 Å². The number of halogens is 2. The van der Waals surface area contributed by atoms with Crippen LogP contribution < -0.4 is 5.32 Å². The van der Waals surface area contributed by atoms with E-state index in [1.54, 1.807) is 11.0 Å². The van der Waals surface area contributed by atoms with Gasteiger partial charge in [-0.3, -0.25) is 0 Å². The van der Waals surface area contributed by atoms with Crippen molar-refractivity contribution in [2.24, 2.45) is 0 Å². The van der Waals surface area contributed by atoms with Crippen LogP contribution in [-0.2, 0) is 6.54 Å². The molecule has 0 radical (unpaired) electrons. The highest BCUT2D eigenvalue weighted by Gasteiger charge is 2.32. The largest absolute Gasteiger partial charge is 0.333 e. The fourth-order valence-electron chi connectivity index (χ4n) is 1.86. The lowest BCUT2D eigenvalue weighted by Gasteiger charge is -2.23. The quantitative estimate of drug-likeness (QED) is 0.883. The van der Waals surface area contributed by atoms with Gasteiger partial charge in [0.25, 0.3) is 0 Å². The van der Waals surface area contributed by atoms with Gasteiger partial charge in [0.1, 0.15) is 5.82 Å². The molecule has 1 aromatic carbocycles. The Labute approximate surface area is 120 Å². The summed E-state index contributed by atoms with van der Waals surface area (Å²) in [6, 6.07) is 6.49. The minimum absolute atomic E-state index is 0.132. The number of benzene rings is 1. The minimum atomic E-state index is -0.275. The molecular weight excluding hydrogens is 311 g/mol. The Kier molecular flexibility index (Phi) is 4.58. The van der Waals surface area contributed by atoms with Crippen molar-refractivity contribution >= 4 is 22.0 Å². The van der Waals surface area contributed by atoms with Crippen LogP contribution in [0.5, 0.6) is 0 Å². The van der Waals surface area contributed by atoms with Crippen molar-refractivity contribution in [3.05, 3.63) is 46.7 Å². The van der Waals surface area contributed by atoms with Crippen LogP contribution in [0.4, 0.5) is 9.18 Å². The highest BCUT2D eigenvalue weighted by Crippen LogP contribution is 2.28. The van der Waals surface area contributed by atoms with Crippen LogP contribution in [0.1, 0.15) is 18.4 Å². The van der Waals surface area contributed by atoms with E-state index >= 15 is 0 Å². The third-order valence-electron chi connectivity index (χ3n) is 2.92. The molecule has 19 heavy (non-hydrogen) atoms. The lowest BCUT2D eigenvalue weighted by molar-refractivity contribution is 0.193. The van der Waals surface area contributed by atoms with E-state index in [4.69, 9.17) is 0 Å². The van der Waals surface area contributed by atoms with Crippen LogP contribution in [0.25, 0.3) is 0 Å². The van der Waals surface area contributed by atoms with E-state index in [1.165, 1.54) is 12.1 Å². The number of amides is 2. The van der Waals surface area contributed by atoms with Crippen LogP contribution >= 0.6 is 15.9 Å². The van der Waals surface area contributed by atoms with E-state index in [2.05, 4.69) is 27.8 Å². The molecule has 0 spiro atoms. The van der Waals surface area contributed by atoms with Crippen LogP contribution in [0.3, 0.4) is 0 Å². The summed E-state index contributed by atoms with van der Waals surface area (Å²) >= 11 is 3.20. The maximum atomic E-state index is 13.2. The van der Waals surface area contributed by atoms with Crippen LogP contribution in [0, 0.1) is 5.82 Å². The summed E-state index contributed by atoms with van der Waals surface area (Å²) < 4.78 is 13.9. The summed E-state index contributed by atoms with van der Waals surface area (Å²) in [5.41, 5.74) is 0.805. The monoisotopic (exact) mass is 326 g/mol. The predicted octanol–water partition coefficient (Wildman–Crippen LogP) is 3.41. The second-order valence-electron chi connectivity index (χ2n) is 4.66. The van der Waals surface area contributed by atoms with E-state index < -0.39 is 0 Å². The van der Waals surface area contributed by atoms with Gasteiger partial charge in [-0.1, -0.05) is 34.6 Å². The first kappa shape index (κ1) is 14.1. The fourth-order valence-corrected chi connectivity index (χ4v) is 2.00. The highest BCUT2D eigenvalue weighted by molar-refractivity contribution is 9.11. The van der Waals surface area contributed by atoms with Gasteiger partial charge in [-0.05, 0) is 30.5 Å². The average Bonchev–Trinajstić information content (AvgIpc) is 3.17. The number of hydrogen-bond donors (Lipinski definition) is 1. The number of carbonyl (C=O) groups excluding carboxylic acids is 1. The van der Waals surface area contributed by atoms with Gasteiger partial charge in [-0.15, -0.1) is 0 Å². The summed E-state index contributed by atoms with van der Waals surface area (Å²) in [5, 5.41) is 2.79. The first-order valence-corrected chi connectivity index (χ1v) is 6.98. The number of nitrogens with zero attached hydrogens (tertiary/aromatic N) is 1. The highest BCUT2D eigenvalue weighted by atomic mass is 79.9.